The fourth-order valence-electron chi connectivity index (χ4n) is 0.602. The number of hydrogen-bond acceptors (Lipinski definition) is 2. The van der Waals surface area contributed by atoms with Crippen LogP contribution in [0, 0.1) is 0 Å². The van der Waals surface area contributed by atoms with Crippen LogP contribution in [0.25, 0.3) is 0 Å². The van der Waals surface area contributed by atoms with E-state index in [1.807, 2.05) is 6.07 Å². The third kappa shape index (κ3) is 1.70. The second-order valence-corrected chi connectivity index (χ2v) is 6.91. The average molecular weight is 156 g/mol. The van der Waals surface area contributed by atoms with Gasteiger partial charge >= 0.3 is 0 Å². The Hall–Kier alpha value is -0.570. The summed E-state index contributed by atoms with van der Waals surface area (Å²) in [6.07, 6.45) is 10.1. The molecule has 10 heavy (non-hydrogen) atoms. The minimum atomic E-state index is -0.725. The standard InChI is InChI=1S/C7H12N2S/c1-10(2,3)7-8-5-4-6-9-7/h4-6H,1-3H3. The summed E-state index contributed by atoms with van der Waals surface area (Å²) >= 11 is 0. The van der Waals surface area contributed by atoms with Gasteiger partial charge in [0.2, 0.25) is 0 Å². The molecule has 1 aromatic heterocycles. The zero-order chi connectivity index (χ0) is 7.61. The summed E-state index contributed by atoms with van der Waals surface area (Å²) in [4.78, 5) is 8.35. The van der Waals surface area contributed by atoms with Crippen molar-refractivity contribution in [2.24, 2.45) is 0 Å². The van der Waals surface area contributed by atoms with Gasteiger partial charge in [0.25, 0.3) is 0 Å². The van der Waals surface area contributed by atoms with Crippen LogP contribution in [0.5, 0.6) is 0 Å². The second-order valence-electron chi connectivity index (χ2n) is 2.87. The van der Waals surface area contributed by atoms with E-state index in [-0.39, 0.29) is 0 Å². The number of rotatable bonds is 1. The molecule has 0 atom stereocenters. The second kappa shape index (κ2) is 2.58. The normalized spacial score (nSPS) is 13.1. The smallest absolute Gasteiger partial charge is 0.169 e. The van der Waals surface area contributed by atoms with E-state index in [1.54, 1.807) is 12.4 Å². The quantitative estimate of drug-likeness (QED) is 0.576. The maximum absolute atomic E-state index is 4.18. The third-order valence-electron chi connectivity index (χ3n) is 1.09. The van der Waals surface area contributed by atoms with Crippen LogP contribution >= 0.6 is 10.0 Å². The lowest BCUT2D eigenvalue weighted by Crippen LogP contribution is -1.98. The van der Waals surface area contributed by atoms with Crippen molar-refractivity contribution >= 4 is 10.0 Å². The zero-order valence-electron chi connectivity index (χ0n) is 6.53. The molecule has 0 saturated heterocycles. The summed E-state index contributed by atoms with van der Waals surface area (Å²) in [5, 5.41) is 0.981. The van der Waals surface area contributed by atoms with Gasteiger partial charge in [0, 0.05) is 12.4 Å². The minimum Gasteiger partial charge on any atom is -0.232 e. The fraction of sp³-hybridized carbons (Fsp3) is 0.429. The molecule has 0 N–H and O–H groups in total. The molecule has 56 valence electrons. The van der Waals surface area contributed by atoms with Crippen molar-refractivity contribution in [3.8, 4) is 0 Å². The van der Waals surface area contributed by atoms with Gasteiger partial charge in [0.15, 0.2) is 5.16 Å². The van der Waals surface area contributed by atoms with Gasteiger partial charge in [-0.1, -0.05) is 0 Å². The van der Waals surface area contributed by atoms with E-state index < -0.39 is 10.0 Å². The van der Waals surface area contributed by atoms with Crippen LogP contribution in [0.2, 0.25) is 0 Å². The van der Waals surface area contributed by atoms with Crippen LogP contribution in [0.15, 0.2) is 23.6 Å². The predicted molar refractivity (Wildman–Crippen MR) is 45.7 cm³/mol. The van der Waals surface area contributed by atoms with E-state index in [1.165, 1.54) is 0 Å². The molecule has 0 saturated carbocycles. The zero-order valence-corrected chi connectivity index (χ0v) is 7.35. The van der Waals surface area contributed by atoms with Crippen LogP contribution in [-0.4, -0.2) is 28.7 Å². The molecule has 0 radical (unpaired) electrons. The fourth-order valence-corrected chi connectivity index (χ4v) is 1.36. The first-order valence-corrected chi connectivity index (χ1v) is 5.92. The molecule has 1 heterocycles. The van der Waals surface area contributed by atoms with Crippen molar-refractivity contribution in [3.05, 3.63) is 18.5 Å². The molecule has 0 aliphatic carbocycles. The van der Waals surface area contributed by atoms with Crippen LogP contribution < -0.4 is 0 Å². The minimum absolute atomic E-state index is 0.725. The summed E-state index contributed by atoms with van der Waals surface area (Å²) in [6, 6.07) is 1.84. The van der Waals surface area contributed by atoms with Gasteiger partial charge in [0.05, 0.1) is 0 Å². The molecule has 1 rings (SSSR count). The molecule has 0 aliphatic heterocycles. The van der Waals surface area contributed by atoms with Crippen molar-refractivity contribution in [1.82, 2.24) is 9.97 Å². The molecule has 3 heteroatoms. The lowest BCUT2D eigenvalue weighted by Gasteiger charge is -2.21. The molecule has 0 aliphatic rings. The van der Waals surface area contributed by atoms with Crippen LogP contribution in [0.3, 0.4) is 0 Å². The highest BCUT2D eigenvalue weighted by atomic mass is 32.3. The van der Waals surface area contributed by atoms with Crippen molar-refractivity contribution < 1.29 is 0 Å². The van der Waals surface area contributed by atoms with Crippen molar-refractivity contribution in [3.63, 3.8) is 0 Å². The van der Waals surface area contributed by atoms with E-state index in [9.17, 15) is 0 Å². The van der Waals surface area contributed by atoms with Crippen LogP contribution in [0.4, 0.5) is 0 Å². The molecular formula is C7H12N2S. The van der Waals surface area contributed by atoms with Crippen molar-refractivity contribution in [1.29, 1.82) is 0 Å². The van der Waals surface area contributed by atoms with Gasteiger partial charge in [-0.2, -0.15) is 10.0 Å². The Morgan fingerprint density at radius 3 is 1.90 bits per heavy atom. The molecule has 0 unspecified atom stereocenters. The first kappa shape index (κ1) is 7.54. The maximum atomic E-state index is 4.18. The molecule has 0 bridgehead atoms. The van der Waals surface area contributed by atoms with Crippen molar-refractivity contribution in [2.75, 3.05) is 18.8 Å². The van der Waals surface area contributed by atoms with Crippen LogP contribution in [-0.2, 0) is 0 Å². The lowest BCUT2D eigenvalue weighted by molar-refractivity contribution is 0.959. The van der Waals surface area contributed by atoms with E-state index in [0.717, 1.165) is 5.16 Å². The van der Waals surface area contributed by atoms with Crippen LogP contribution in [0.1, 0.15) is 0 Å². The third-order valence-corrected chi connectivity index (χ3v) is 2.40. The van der Waals surface area contributed by atoms with Gasteiger partial charge in [-0.05, 0) is 24.8 Å². The first-order valence-electron chi connectivity index (χ1n) is 3.06. The van der Waals surface area contributed by atoms with E-state index in [0.29, 0.717) is 0 Å². The summed E-state index contributed by atoms with van der Waals surface area (Å²) in [5.74, 6) is 0. The van der Waals surface area contributed by atoms with E-state index >= 15 is 0 Å². The van der Waals surface area contributed by atoms with Gasteiger partial charge < -0.3 is 0 Å². The van der Waals surface area contributed by atoms with Gasteiger partial charge in [-0.15, -0.1) is 0 Å². The van der Waals surface area contributed by atoms with E-state index in [4.69, 9.17) is 0 Å². The summed E-state index contributed by atoms with van der Waals surface area (Å²) in [5.41, 5.74) is 0. The molecule has 2 nitrogen and oxygen atoms in total. The Morgan fingerprint density at radius 2 is 1.60 bits per heavy atom. The largest absolute Gasteiger partial charge is 0.232 e. The van der Waals surface area contributed by atoms with Gasteiger partial charge in [-0.25, -0.2) is 9.97 Å². The summed E-state index contributed by atoms with van der Waals surface area (Å²) < 4.78 is 0. The highest BCUT2D eigenvalue weighted by Gasteiger charge is 2.08. The highest BCUT2D eigenvalue weighted by molar-refractivity contribution is 8.32. The highest BCUT2D eigenvalue weighted by Crippen LogP contribution is 2.41. The molecule has 0 fully saturated rings. The predicted octanol–water partition coefficient (Wildman–Crippen LogP) is 1.53. The number of hydrogen-bond donors (Lipinski definition) is 0. The lowest BCUT2D eigenvalue weighted by atomic mass is 10.7. The Balaban J connectivity index is 2.97. The average Bonchev–Trinajstić information content (AvgIpc) is 1.88. The van der Waals surface area contributed by atoms with Gasteiger partial charge in [-0.3, -0.25) is 0 Å². The molecule has 0 aromatic carbocycles. The number of nitrogens with zero attached hydrogens (tertiary/aromatic N) is 2. The Morgan fingerprint density at radius 1 is 1.10 bits per heavy atom. The molecule has 1 aromatic rings. The molecule has 0 spiro atoms. The Kier molecular flexibility index (Phi) is 1.94. The monoisotopic (exact) mass is 156 g/mol. The summed E-state index contributed by atoms with van der Waals surface area (Å²) in [7, 11) is -0.725. The maximum Gasteiger partial charge on any atom is 0.169 e. The summed E-state index contributed by atoms with van der Waals surface area (Å²) in [6.45, 7) is 0. The first-order chi connectivity index (χ1) is 4.61. The molecule has 0 amide bonds. The number of aromatic nitrogens is 2. The molecular weight excluding hydrogens is 144 g/mol. The topological polar surface area (TPSA) is 25.8 Å². The van der Waals surface area contributed by atoms with Crippen molar-refractivity contribution in [2.45, 2.75) is 5.16 Å². The SMILES string of the molecule is CS(C)(C)c1ncccn1. The van der Waals surface area contributed by atoms with E-state index in [2.05, 4.69) is 28.7 Å². The Bertz CT molecular complexity index is 203. The van der Waals surface area contributed by atoms with Gasteiger partial charge in [0.1, 0.15) is 0 Å². The Labute approximate surface area is 63.0 Å².